The number of hydrogen-bond acceptors (Lipinski definition) is 16. The van der Waals surface area contributed by atoms with E-state index in [9.17, 15) is 9.59 Å². The summed E-state index contributed by atoms with van der Waals surface area (Å²) in [5.74, 6) is 0.999. The van der Waals surface area contributed by atoms with Crippen molar-refractivity contribution in [1.29, 1.82) is 0 Å². The summed E-state index contributed by atoms with van der Waals surface area (Å²) in [5.41, 5.74) is 11.2. The number of nitrogens with one attached hydrogen (secondary N) is 2. The molecule has 0 aliphatic rings. The fourth-order valence-electron chi connectivity index (χ4n) is 6.87. The number of ether oxygens (including phenoxy) is 7. The van der Waals surface area contributed by atoms with Crippen molar-refractivity contribution in [2.75, 3.05) is 104 Å². The molecule has 4 heterocycles. The summed E-state index contributed by atoms with van der Waals surface area (Å²) in [5, 5.41) is 5.71. The van der Waals surface area contributed by atoms with E-state index in [0.717, 1.165) is 52.5 Å². The first kappa shape index (κ1) is 53.2. The maximum atomic E-state index is 12.7. The largest absolute Gasteiger partial charge is 0.494 e. The van der Waals surface area contributed by atoms with E-state index >= 15 is 0 Å². The zero-order valence-corrected chi connectivity index (χ0v) is 39.4. The van der Waals surface area contributed by atoms with Gasteiger partial charge in [-0.15, -0.1) is 0 Å². The van der Waals surface area contributed by atoms with Crippen molar-refractivity contribution in [3.63, 3.8) is 0 Å². The lowest BCUT2D eigenvalue weighted by Crippen LogP contribution is -2.25. The van der Waals surface area contributed by atoms with Gasteiger partial charge in [-0.25, -0.2) is 9.97 Å². The molecule has 0 saturated carbocycles. The Labute approximate surface area is 399 Å². The number of anilines is 2. The van der Waals surface area contributed by atoms with Crippen LogP contribution in [0.3, 0.4) is 0 Å². The SMILES string of the molecule is COCCOCCOCC(=O)Nc1cccc(CN(Cc2cc(CN(Cc3ccccn3)Cc3cccc(NC(=O)COCCOCCOC)n3)cc(OCCCCN)c2)Cc2ccccn2)n1. The van der Waals surface area contributed by atoms with Crippen LogP contribution in [0.25, 0.3) is 0 Å². The number of aromatic nitrogens is 4. The first-order valence-electron chi connectivity index (χ1n) is 22.9. The summed E-state index contributed by atoms with van der Waals surface area (Å²) in [6, 6.07) is 29.3. The van der Waals surface area contributed by atoms with Gasteiger partial charge in [-0.2, -0.15) is 0 Å². The quantitative estimate of drug-likeness (QED) is 0.0456. The van der Waals surface area contributed by atoms with E-state index in [4.69, 9.17) is 48.9 Å². The van der Waals surface area contributed by atoms with Crippen LogP contribution in [0, 0.1) is 0 Å². The van der Waals surface area contributed by atoms with E-state index in [1.54, 1.807) is 38.7 Å². The molecule has 366 valence electrons. The molecule has 0 spiro atoms. The highest BCUT2D eigenvalue weighted by Gasteiger charge is 2.17. The third-order valence-electron chi connectivity index (χ3n) is 9.92. The third kappa shape index (κ3) is 21.9. The Hall–Kier alpha value is -5.80. The van der Waals surface area contributed by atoms with Crippen molar-refractivity contribution in [1.82, 2.24) is 29.7 Å². The van der Waals surface area contributed by atoms with Crippen molar-refractivity contribution in [3.05, 3.63) is 137 Å². The molecule has 0 radical (unpaired) electrons. The molecule has 0 saturated heterocycles. The van der Waals surface area contributed by atoms with Crippen LogP contribution in [0.15, 0.2) is 103 Å². The number of nitrogens with two attached hydrogens (primary N) is 1. The summed E-state index contributed by atoms with van der Waals surface area (Å²) in [6.45, 7) is 7.18. The molecule has 68 heavy (non-hydrogen) atoms. The normalized spacial score (nSPS) is 11.3. The predicted molar refractivity (Wildman–Crippen MR) is 257 cm³/mol. The number of carbonyl (C=O) groups is 2. The summed E-state index contributed by atoms with van der Waals surface area (Å²) < 4.78 is 38.1. The fraction of sp³-hybridized carbons (Fsp3) is 0.440. The zero-order valence-electron chi connectivity index (χ0n) is 39.4. The lowest BCUT2D eigenvalue weighted by molar-refractivity contribution is -0.122. The maximum Gasteiger partial charge on any atom is 0.251 e. The topological polar surface area (TPSA) is 207 Å². The lowest BCUT2D eigenvalue weighted by Gasteiger charge is -2.25. The number of pyridine rings is 4. The van der Waals surface area contributed by atoms with Crippen molar-refractivity contribution in [2.24, 2.45) is 5.73 Å². The van der Waals surface area contributed by atoms with Gasteiger partial charge in [-0.3, -0.25) is 29.4 Å². The Bertz CT molecular complexity index is 2030. The van der Waals surface area contributed by atoms with Gasteiger partial charge in [0.15, 0.2) is 0 Å². The summed E-state index contributed by atoms with van der Waals surface area (Å²) in [4.78, 5) is 48.9. The molecule has 2 amide bonds. The van der Waals surface area contributed by atoms with Crippen LogP contribution >= 0.6 is 0 Å². The second-order valence-corrected chi connectivity index (χ2v) is 15.7. The molecular formula is C50H67N9O9. The number of amides is 2. The third-order valence-corrected chi connectivity index (χ3v) is 9.92. The van der Waals surface area contributed by atoms with E-state index in [-0.39, 0.29) is 38.2 Å². The van der Waals surface area contributed by atoms with E-state index in [0.29, 0.717) is 104 Å². The molecule has 5 aromatic rings. The Kier molecular flexibility index (Phi) is 25.0. The molecular weight excluding hydrogens is 871 g/mol. The van der Waals surface area contributed by atoms with Crippen molar-refractivity contribution >= 4 is 23.5 Å². The molecule has 4 aromatic heterocycles. The summed E-state index contributed by atoms with van der Waals surface area (Å²) in [7, 11) is 3.22. The number of methoxy groups -OCH3 is 2. The monoisotopic (exact) mass is 938 g/mol. The first-order valence-corrected chi connectivity index (χ1v) is 22.9. The summed E-state index contributed by atoms with van der Waals surface area (Å²) >= 11 is 0. The first-order chi connectivity index (χ1) is 33.4. The van der Waals surface area contributed by atoms with E-state index in [2.05, 4.69) is 48.6 Å². The Morgan fingerprint density at radius 2 is 0.971 bits per heavy atom. The van der Waals surface area contributed by atoms with E-state index in [1.165, 1.54) is 0 Å². The van der Waals surface area contributed by atoms with Crippen LogP contribution in [0.1, 0.15) is 46.7 Å². The highest BCUT2D eigenvalue weighted by molar-refractivity contribution is 5.91. The van der Waals surface area contributed by atoms with Gasteiger partial charge in [-0.1, -0.05) is 30.3 Å². The molecule has 0 fully saturated rings. The van der Waals surface area contributed by atoms with Crippen LogP contribution in [-0.2, 0) is 77.3 Å². The molecule has 18 nitrogen and oxygen atoms in total. The molecule has 0 unspecified atom stereocenters. The van der Waals surface area contributed by atoms with Gasteiger partial charge in [0, 0.05) is 65.9 Å². The van der Waals surface area contributed by atoms with Gasteiger partial charge in [0.25, 0.3) is 11.8 Å². The second kappa shape index (κ2) is 32.0. The van der Waals surface area contributed by atoms with E-state index in [1.807, 2.05) is 60.7 Å². The Balaban J connectivity index is 1.32. The van der Waals surface area contributed by atoms with Crippen molar-refractivity contribution in [3.8, 4) is 5.75 Å². The standard InChI is InChI=1S/C50H67N9O9/c1-62-21-23-64-25-27-66-38-49(60)56-47-15-9-13-44(54-47)36-58(34-42-11-3-6-18-52-42)32-40-29-41(31-46(30-40)68-20-8-5-17-51)33-59(35-43-12-4-7-19-53-43)37-45-14-10-16-48(55-45)57-50(61)39-67-28-26-65-24-22-63-2/h3-4,6-7,9-16,18-19,29-31H,5,8,17,20-28,32-39,51H2,1-2H3,(H,54,56,60)(H,55,57,61). The number of nitrogens with zero attached hydrogens (tertiary/aromatic N) is 6. The molecule has 1 aromatic carbocycles. The fourth-order valence-corrected chi connectivity index (χ4v) is 6.87. The van der Waals surface area contributed by atoms with Gasteiger partial charge in [0.05, 0.1) is 82.2 Å². The van der Waals surface area contributed by atoms with Crippen molar-refractivity contribution in [2.45, 2.75) is 52.1 Å². The minimum Gasteiger partial charge on any atom is -0.494 e. The van der Waals surface area contributed by atoms with Gasteiger partial charge < -0.3 is 49.5 Å². The van der Waals surface area contributed by atoms with Crippen LogP contribution < -0.4 is 21.1 Å². The number of hydrogen-bond donors (Lipinski definition) is 3. The summed E-state index contributed by atoms with van der Waals surface area (Å²) in [6.07, 6.45) is 5.26. The highest BCUT2D eigenvalue weighted by atomic mass is 16.5. The molecule has 4 N–H and O–H groups in total. The number of benzene rings is 1. The molecule has 18 heteroatoms. The van der Waals surface area contributed by atoms with Gasteiger partial charge >= 0.3 is 0 Å². The molecule has 0 aliphatic heterocycles. The highest BCUT2D eigenvalue weighted by Crippen LogP contribution is 2.24. The zero-order chi connectivity index (χ0) is 47.9. The predicted octanol–water partition coefficient (Wildman–Crippen LogP) is 5.03. The van der Waals surface area contributed by atoms with Gasteiger partial charge in [0.1, 0.15) is 30.6 Å². The minimum absolute atomic E-state index is 0.123. The van der Waals surface area contributed by atoms with Gasteiger partial charge in [0.2, 0.25) is 0 Å². The van der Waals surface area contributed by atoms with Crippen LogP contribution in [-0.4, -0.2) is 135 Å². The van der Waals surface area contributed by atoms with Gasteiger partial charge in [-0.05, 0) is 91.2 Å². The molecule has 0 bridgehead atoms. The number of carbonyl (C=O) groups excluding carboxylic acids is 2. The number of unbranched alkanes of at least 4 members (excludes halogenated alkanes) is 1. The average molecular weight is 938 g/mol. The Morgan fingerprint density at radius 3 is 1.43 bits per heavy atom. The lowest BCUT2D eigenvalue weighted by atomic mass is 10.1. The maximum absolute atomic E-state index is 12.7. The van der Waals surface area contributed by atoms with E-state index < -0.39 is 0 Å². The number of rotatable bonds is 35. The van der Waals surface area contributed by atoms with Crippen molar-refractivity contribution < 1.29 is 42.7 Å². The molecule has 0 aliphatic carbocycles. The van der Waals surface area contributed by atoms with Crippen LogP contribution in [0.5, 0.6) is 5.75 Å². The van der Waals surface area contributed by atoms with Crippen LogP contribution in [0.2, 0.25) is 0 Å². The second-order valence-electron chi connectivity index (χ2n) is 15.7. The minimum atomic E-state index is -0.308. The molecule has 0 atom stereocenters. The molecule has 5 rings (SSSR count). The van der Waals surface area contributed by atoms with Crippen LogP contribution in [0.4, 0.5) is 11.6 Å². The smallest absolute Gasteiger partial charge is 0.251 e. The Morgan fingerprint density at radius 1 is 0.515 bits per heavy atom. The average Bonchev–Trinajstić information content (AvgIpc) is 3.33.